The number of pyridine rings is 2. The minimum absolute atomic E-state index is 0.0304. The number of ether oxygens (including phenoxy) is 1. The first-order valence-corrected chi connectivity index (χ1v) is 15.6. The number of halogens is 1. The Labute approximate surface area is 265 Å². The molecule has 2 aromatic carbocycles. The molecular formula is C35H35BrN4O4. The minimum Gasteiger partial charge on any atom is -0.462 e. The van der Waals surface area contributed by atoms with Crippen molar-refractivity contribution in [3.8, 4) is 0 Å². The first-order valence-electron chi connectivity index (χ1n) is 14.8. The van der Waals surface area contributed by atoms with Crippen LogP contribution < -0.4 is 10.6 Å². The monoisotopic (exact) mass is 654 g/mol. The SMILES string of the molecule is CCOC(=O)c1ccc2c(c1)CCC2NC(=O)c1ccnc(C)c1.Cc1cc(C(=O)NC2CCc3cc(Br)ccc32)ccn1. The average Bonchev–Trinajstić information content (AvgIpc) is 3.60. The van der Waals surface area contributed by atoms with Crippen LogP contribution in [0.1, 0.15) is 96.6 Å². The van der Waals surface area contributed by atoms with Gasteiger partial charge in [0, 0.05) is 39.4 Å². The van der Waals surface area contributed by atoms with Gasteiger partial charge in [0.05, 0.1) is 24.3 Å². The van der Waals surface area contributed by atoms with Crippen molar-refractivity contribution in [3.63, 3.8) is 0 Å². The van der Waals surface area contributed by atoms with Crippen molar-refractivity contribution in [2.24, 2.45) is 0 Å². The van der Waals surface area contributed by atoms with Gasteiger partial charge in [-0.15, -0.1) is 0 Å². The molecule has 0 saturated heterocycles. The van der Waals surface area contributed by atoms with E-state index in [0.29, 0.717) is 23.3 Å². The predicted octanol–water partition coefficient (Wildman–Crippen LogP) is 6.55. The number of nitrogens with one attached hydrogen (secondary N) is 2. The summed E-state index contributed by atoms with van der Waals surface area (Å²) in [5, 5.41) is 6.19. The first kappa shape index (κ1) is 31.1. The lowest BCUT2D eigenvalue weighted by Crippen LogP contribution is -2.27. The molecule has 0 saturated carbocycles. The van der Waals surface area contributed by atoms with Gasteiger partial charge in [-0.3, -0.25) is 19.6 Å². The number of carbonyl (C=O) groups excluding carboxylic acids is 3. The molecule has 2 aromatic heterocycles. The molecule has 2 amide bonds. The summed E-state index contributed by atoms with van der Waals surface area (Å²) in [5.41, 5.74) is 8.22. The van der Waals surface area contributed by atoms with E-state index in [0.717, 1.165) is 52.7 Å². The third-order valence-corrected chi connectivity index (χ3v) is 8.34. The number of carbonyl (C=O) groups is 3. The van der Waals surface area contributed by atoms with Gasteiger partial charge < -0.3 is 15.4 Å². The molecule has 0 aliphatic heterocycles. The van der Waals surface area contributed by atoms with Crippen molar-refractivity contribution in [3.05, 3.63) is 128 Å². The average molecular weight is 656 g/mol. The van der Waals surface area contributed by atoms with Gasteiger partial charge in [0.25, 0.3) is 11.8 Å². The summed E-state index contributed by atoms with van der Waals surface area (Å²) in [4.78, 5) is 44.7. The second kappa shape index (κ2) is 13.9. The summed E-state index contributed by atoms with van der Waals surface area (Å²) >= 11 is 3.49. The lowest BCUT2D eigenvalue weighted by molar-refractivity contribution is 0.0526. The van der Waals surface area contributed by atoms with Crippen molar-refractivity contribution in [2.75, 3.05) is 6.61 Å². The number of esters is 1. The molecule has 2 heterocycles. The number of rotatable bonds is 6. The Bertz CT molecular complexity index is 1710. The Balaban J connectivity index is 0.000000177. The van der Waals surface area contributed by atoms with Gasteiger partial charge in [-0.25, -0.2) is 4.79 Å². The summed E-state index contributed by atoms with van der Waals surface area (Å²) < 4.78 is 6.12. The number of hydrogen-bond donors (Lipinski definition) is 2. The molecule has 4 aromatic rings. The summed E-state index contributed by atoms with van der Waals surface area (Å²) in [7, 11) is 0. The second-order valence-electron chi connectivity index (χ2n) is 11.0. The van der Waals surface area contributed by atoms with E-state index in [1.807, 2.05) is 38.1 Å². The highest BCUT2D eigenvalue weighted by Crippen LogP contribution is 2.34. The molecule has 2 aliphatic rings. The van der Waals surface area contributed by atoms with E-state index in [2.05, 4.69) is 48.7 Å². The highest BCUT2D eigenvalue weighted by molar-refractivity contribution is 9.10. The predicted molar refractivity (Wildman–Crippen MR) is 172 cm³/mol. The van der Waals surface area contributed by atoms with Crippen LogP contribution in [-0.2, 0) is 17.6 Å². The lowest BCUT2D eigenvalue weighted by Gasteiger charge is -2.14. The topological polar surface area (TPSA) is 110 Å². The van der Waals surface area contributed by atoms with Crippen LogP contribution in [0.15, 0.2) is 77.5 Å². The molecule has 44 heavy (non-hydrogen) atoms. The van der Waals surface area contributed by atoms with Crippen molar-refractivity contribution in [1.82, 2.24) is 20.6 Å². The van der Waals surface area contributed by atoms with Crippen LogP contribution in [0.4, 0.5) is 0 Å². The van der Waals surface area contributed by atoms with E-state index in [9.17, 15) is 14.4 Å². The quantitative estimate of drug-likeness (QED) is 0.228. The largest absolute Gasteiger partial charge is 0.462 e. The molecule has 0 fully saturated rings. The van der Waals surface area contributed by atoms with Crippen molar-refractivity contribution in [2.45, 2.75) is 58.5 Å². The molecule has 6 rings (SSSR count). The van der Waals surface area contributed by atoms with Crippen LogP contribution in [0, 0.1) is 13.8 Å². The van der Waals surface area contributed by atoms with Crippen LogP contribution >= 0.6 is 15.9 Å². The molecular weight excluding hydrogens is 620 g/mol. The summed E-state index contributed by atoms with van der Waals surface area (Å²) in [6.45, 7) is 5.90. The van der Waals surface area contributed by atoms with Crippen LogP contribution in [0.5, 0.6) is 0 Å². The van der Waals surface area contributed by atoms with Gasteiger partial charge in [-0.2, -0.15) is 0 Å². The molecule has 0 spiro atoms. The molecule has 2 atom stereocenters. The van der Waals surface area contributed by atoms with E-state index in [4.69, 9.17) is 4.74 Å². The van der Waals surface area contributed by atoms with Crippen molar-refractivity contribution in [1.29, 1.82) is 0 Å². The maximum absolute atomic E-state index is 12.4. The molecule has 0 radical (unpaired) electrons. The van der Waals surface area contributed by atoms with Gasteiger partial charge in [0.2, 0.25) is 0 Å². The number of aryl methyl sites for hydroxylation is 4. The highest BCUT2D eigenvalue weighted by atomic mass is 79.9. The Kier molecular flexibility index (Phi) is 9.85. The smallest absolute Gasteiger partial charge is 0.338 e. The number of fused-ring (bicyclic) bond motifs is 2. The van der Waals surface area contributed by atoms with E-state index in [1.165, 1.54) is 11.1 Å². The van der Waals surface area contributed by atoms with Crippen molar-refractivity contribution >= 4 is 33.7 Å². The normalized spacial score (nSPS) is 16.2. The molecule has 2 unspecified atom stereocenters. The number of nitrogens with zero attached hydrogens (tertiary/aromatic N) is 2. The summed E-state index contributed by atoms with van der Waals surface area (Å²) in [5.74, 6) is -0.441. The third-order valence-electron chi connectivity index (χ3n) is 7.84. The minimum atomic E-state index is -0.306. The number of hydrogen-bond acceptors (Lipinski definition) is 6. The molecule has 2 aliphatic carbocycles. The third kappa shape index (κ3) is 7.39. The summed E-state index contributed by atoms with van der Waals surface area (Å²) in [6.07, 6.45) is 6.94. The fraction of sp³-hybridized carbons (Fsp3) is 0.286. The fourth-order valence-corrected chi connectivity index (χ4v) is 6.11. The molecule has 0 bridgehead atoms. The van der Waals surface area contributed by atoms with Gasteiger partial charge in [-0.05, 0) is 117 Å². The maximum atomic E-state index is 12.4. The molecule has 226 valence electrons. The lowest BCUT2D eigenvalue weighted by atomic mass is 10.0. The Hall–Kier alpha value is -4.37. The first-order chi connectivity index (χ1) is 21.2. The van der Waals surface area contributed by atoms with Crippen LogP contribution in [0.2, 0.25) is 0 Å². The molecule has 2 N–H and O–H groups in total. The molecule has 8 nitrogen and oxygen atoms in total. The van der Waals surface area contributed by atoms with E-state index in [1.54, 1.807) is 43.6 Å². The van der Waals surface area contributed by atoms with E-state index in [-0.39, 0.29) is 29.9 Å². The van der Waals surface area contributed by atoms with Crippen molar-refractivity contribution < 1.29 is 19.1 Å². The van der Waals surface area contributed by atoms with Gasteiger partial charge in [0.15, 0.2) is 0 Å². The van der Waals surface area contributed by atoms with Crippen LogP contribution in [-0.4, -0.2) is 34.4 Å². The Morgan fingerprint density at radius 3 is 1.80 bits per heavy atom. The van der Waals surface area contributed by atoms with Crippen LogP contribution in [0.3, 0.4) is 0 Å². The van der Waals surface area contributed by atoms with Gasteiger partial charge in [-0.1, -0.05) is 28.1 Å². The zero-order chi connectivity index (χ0) is 31.2. The standard InChI is InChI=1S/C19H20N2O3.C16H15BrN2O/c1-3-24-19(23)15-4-6-16-13(11-15)5-7-17(16)21-18(22)14-8-9-20-12(2)10-14;1-10-8-12(6-7-18-10)16(20)19-15-5-2-11-9-13(17)3-4-14(11)15/h4,6,8-11,17H,3,5,7H2,1-2H3,(H,21,22);3-4,6-9,15H,2,5H2,1H3,(H,19,20). The van der Waals surface area contributed by atoms with E-state index < -0.39 is 0 Å². The second-order valence-corrected chi connectivity index (χ2v) is 11.9. The zero-order valence-electron chi connectivity index (χ0n) is 25.0. The number of benzene rings is 2. The van der Waals surface area contributed by atoms with E-state index >= 15 is 0 Å². The number of amides is 2. The number of aromatic nitrogens is 2. The molecule has 9 heteroatoms. The van der Waals surface area contributed by atoms with Gasteiger partial charge >= 0.3 is 5.97 Å². The zero-order valence-corrected chi connectivity index (χ0v) is 26.6. The maximum Gasteiger partial charge on any atom is 0.338 e. The summed E-state index contributed by atoms with van der Waals surface area (Å²) in [6, 6.07) is 18.9. The Morgan fingerprint density at radius 2 is 1.27 bits per heavy atom. The van der Waals surface area contributed by atoms with Crippen LogP contribution in [0.25, 0.3) is 0 Å². The highest BCUT2D eigenvalue weighted by Gasteiger charge is 2.26. The fourth-order valence-electron chi connectivity index (χ4n) is 5.70. The Morgan fingerprint density at radius 1 is 0.750 bits per heavy atom. The van der Waals surface area contributed by atoms with Gasteiger partial charge in [0.1, 0.15) is 0 Å².